The predicted molar refractivity (Wildman–Crippen MR) is 165 cm³/mol. The van der Waals surface area contributed by atoms with Crippen LogP contribution < -0.4 is 19.9 Å². The van der Waals surface area contributed by atoms with Gasteiger partial charge in [0.1, 0.15) is 18.2 Å². The largest absolute Gasteiger partial charge is 0.485 e. The molecule has 18 heteroatoms. The summed E-state index contributed by atoms with van der Waals surface area (Å²) in [6, 6.07) is 11.6. The van der Waals surface area contributed by atoms with E-state index in [1.165, 1.54) is 47.4 Å². The number of hydrogen-bond donors (Lipinski definition) is 3. The molecule has 0 aliphatic carbocycles. The zero-order valence-electron chi connectivity index (χ0n) is 24.9. The van der Waals surface area contributed by atoms with E-state index in [0.717, 1.165) is 30.3 Å². The molecule has 0 amide bonds. The number of sulfonamides is 1. The van der Waals surface area contributed by atoms with E-state index in [2.05, 4.69) is 24.8 Å². The molecule has 0 fully saturated rings. The maximum absolute atomic E-state index is 14.0. The van der Waals surface area contributed by atoms with Gasteiger partial charge in [0.15, 0.2) is 16.7 Å². The third-order valence-corrected chi connectivity index (χ3v) is 8.27. The number of carbonyl (C=O) groups excluding carboxylic acids is 1. The number of rotatable bonds is 11. The van der Waals surface area contributed by atoms with Crippen molar-refractivity contribution in [1.82, 2.24) is 24.7 Å². The number of pyridine rings is 2. The molecule has 0 unspecified atom stereocenters. The van der Waals surface area contributed by atoms with Crippen molar-refractivity contribution in [1.29, 1.82) is 0 Å². The number of hydrogen-bond acceptors (Lipinski definition) is 9. The number of H-pyrrole nitrogens is 1. The average Bonchev–Trinajstić information content (AvgIpc) is 3.64. The van der Waals surface area contributed by atoms with Gasteiger partial charge in [-0.2, -0.15) is 17.9 Å². The number of nitrogens with two attached hydrogens (primary N) is 1. The standard InChI is InChI=1S/C31H22F5N7O5S/c1-15-8-27(48-30-18(32)4-2-5-19(30)33)38-13-23(15)43-31(37)17(12-39-43)29(44)22-9-16-10-24(47-14-25(34)35)21(11-20(16)40-22)42-49(45,46)28-7-3-6-26(36)41-28/h2-13,25,40,42H,14,37H2,1H3. The van der Waals surface area contributed by atoms with Gasteiger partial charge < -0.3 is 20.2 Å². The first-order chi connectivity index (χ1) is 23.3. The second-order valence-corrected chi connectivity index (χ2v) is 12.0. The summed E-state index contributed by atoms with van der Waals surface area (Å²) >= 11 is 0. The second kappa shape index (κ2) is 12.9. The molecule has 252 valence electrons. The Hall–Kier alpha value is -6.04. The zero-order chi connectivity index (χ0) is 35.0. The monoisotopic (exact) mass is 699 g/mol. The first kappa shape index (κ1) is 32.9. The number of carbonyl (C=O) groups is 1. The molecule has 6 rings (SSSR count). The highest BCUT2D eigenvalue weighted by Gasteiger charge is 2.24. The van der Waals surface area contributed by atoms with Crippen LogP contribution in [0.1, 0.15) is 21.6 Å². The summed E-state index contributed by atoms with van der Waals surface area (Å²) in [5, 5.41) is 3.80. The summed E-state index contributed by atoms with van der Waals surface area (Å²) in [5.74, 6) is -4.68. The molecular formula is C31H22F5N7O5S. The molecule has 0 radical (unpaired) electrons. The van der Waals surface area contributed by atoms with Crippen molar-refractivity contribution in [2.24, 2.45) is 0 Å². The summed E-state index contributed by atoms with van der Waals surface area (Å²) in [7, 11) is -4.50. The molecule has 0 atom stereocenters. The number of aromatic nitrogens is 5. The Balaban J connectivity index is 1.29. The number of fused-ring (bicyclic) bond motifs is 1. The van der Waals surface area contributed by atoms with E-state index in [1.54, 1.807) is 6.92 Å². The van der Waals surface area contributed by atoms with Crippen molar-refractivity contribution in [2.75, 3.05) is 17.1 Å². The van der Waals surface area contributed by atoms with E-state index in [4.69, 9.17) is 15.2 Å². The molecule has 6 aromatic rings. The van der Waals surface area contributed by atoms with Gasteiger partial charge in [-0.05, 0) is 55.0 Å². The summed E-state index contributed by atoms with van der Waals surface area (Å²) in [5.41, 5.74) is 6.92. The molecular weight excluding hydrogens is 677 g/mol. The van der Waals surface area contributed by atoms with Crippen molar-refractivity contribution in [3.05, 3.63) is 107 Å². The number of nitrogens with one attached hydrogen (secondary N) is 2. The molecule has 4 N–H and O–H groups in total. The number of nitrogen functional groups attached to an aromatic ring is 1. The Morgan fingerprint density at radius 2 is 1.78 bits per heavy atom. The molecule has 4 aromatic heterocycles. The maximum atomic E-state index is 14.0. The lowest BCUT2D eigenvalue weighted by atomic mass is 10.1. The van der Waals surface area contributed by atoms with Crippen molar-refractivity contribution in [2.45, 2.75) is 18.4 Å². The molecule has 0 spiro atoms. The number of ether oxygens (including phenoxy) is 2. The highest BCUT2D eigenvalue weighted by atomic mass is 32.2. The summed E-state index contributed by atoms with van der Waals surface area (Å²) in [6.45, 7) is 0.553. The Kier molecular flexibility index (Phi) is 8.64. The molecule has 4 heterocycles. The minimum absolute atomic E-state index is 0.0293. The lowest BCUT2D eigenvalue weighted by Gasteiger charge is -2.14. The van der Waals surface area contributed by atoms with Gasteiger partial charge in [-0.15, -0.1) is 0 Å². The van der Waals surface area contributed by atoms with Gasteiger partial charge in [0.25, 0.3) is 16.4 Å². The summed E-state index contributed by atoms with van der Waals surface area (Å²) in [6.07, 6.45) is -0.414. The minimum atomic E-state index is -4.50. The van der Waals surface area contributed by atoms with Crippen LogP contribution in [0.2, 0.25) is 0 Å². The number of aryl methyl sites for hydroxylation is 1. The van der Waals surface area contributed by atoms with E-state index >= 15 is 0 Å². The van der Waals surface area contributed by atoms with Crippen LogP contribution in [0.25, 0.3) is 16.6 Å². The van der Waals surface area contributed by atoms with E-state index < -0.39 is 57.2 Å². The Morgan fingerprint density at radius 1 is 1.04 bits per heavy atom. The fourth-order valence-corrected chi connectivity index (χ4v) is 5.74. The summed E-state index contributed by atoms with van der Waals surface area (Å²) < 4.78 is 107. The maximum Gasteiger partial charge on any atom is 0.279 e. The first-order valence-corrected chi connectivity index (χ1v) is 15.5. The van der Waals surface area contributed by atoms with Gasteiger partial charge in [0.05, 0.1) is 35.0 Å². The van der Waals surface area contributed by atoms with Crippen molar-refractivity contribution < 1.29 is 44.6 Å². The van der Waals surface area contributed by atoms with Crippen LogP contribution in [-0.2, 0) is 10.0 Å². The van der Waals surface area contributed by atoms with Crippen molar-refractivity contribution >= 4 is 38.2 Å². The highest BCUT2D eigenvalue weighted by Crippen LogP contribution is 2.34. The number of aromatic amines is 1. The number of anilines is 2. The molecule has 0 saturated heterocycles. The Bertz CT molecular complexity index is 2330. The molecule has 2 aromatic carbocycles. The highest BCUT2D eigenvalue weighted by molar-refractivity contribution is 7.92. The van der Waals surface area contributed by atoms with Crippen LogP contribution >= 0.6 is 0 Å². The number of alkyl halides is 2. The van der Waals surface area contributed by atoms with Gasteiger partial charge in [-0.3, -0.25) is 9.52 Å². The topological polar surface area (TPSA) is 167 Å². The molecule has 0 bridgehead atoms. The van der Waals surface area contributed by atoms with E-state index in [1.807, 2.05) is 0 Å². The molecule has 0 saturated carbocycles. The van der Waals surface area contributed by atoms with Gasteiger partial charge in [-0.25, -0.2) is 32.2 Å². The third kappa shape index (κ3) is 6.71. The first-order valence-electron chi connectivity index (χ1n) is 14.0. The number of halogens is 5. The van der Waals surface area contributed by atoms with E-state index in [0.29, 0.717) is 11.3 Å². The number of benzene rings is 2. The van der Waals surface area contributed by atoms with Crippen molar-refractivity contribution in [3.63, 3.8) is 0 Å². The van der Waals surface area contributed by atoms with Crippen LogP contribution in [0.3, 0.4) is 0 Å². The number of nitrogens with zero attached hydrogens (tertiary/aromatic N) is 4. The lowest BCUT2D eigenvalue weighted by Crippen LogP contribution is -2.16. The summed E-state index contributed by atoms with van der Waals surface area (Å²) in [4.78, 5) is 23.8. The van der Waals surface area contributed by atoms with Gasteiger partial charge in [-0.1, -0.05) is 12.1 Å². The Labute approximate surface area is 273 Å². The Morgan fingerprint density at radius 3 is 2.47 bits per heavy atom. The fraction of sp³-hybridized carbons (Fsp3) is 0.0968. The zero-order valence-corrected chi connectivity index (χ0v) is 25.7. The van der Waals surface area contributed by atoms with Crippen LogP contribution in [0.4, 0.5) is 33.5 Å². The van der Waals surface area contributed by atoms with E-state index in [9.17, 15) is 35.2 Å². The smallest absolute Gasteiger partial charge is 0.279 e. The fourth-order valence-electron chi connectivity index (χ4n) is 4.73. The normalized spacial score (nSPS) is 11.7. The van der Waals surface area contributed by atoms with Gasteiger partial charge in [0.2, 0.25) is 23.4 Å². The molecule has 49 heavy (non-hydrogen) atoms. The molecule has 12 nitrogen and oxygen atoms in total. The minimum Gasteiger partial charge on any atom is -0.485 e. The lowest BCUT2D eigenvalue weighted by molar-refractivity contribution is 0.0823. The van der Waals surface area contributed by atoms with Crippen LogP contribution in [0.5, 0.6) is 17.4 Å². The quantitative estimate of drug-likeness (QED) is 0.0845. The van der Waals surface area contributed by atoms with E-state index in [-0.39, 0.29) is 45.3 Å². The van der Waals surface area contributed by atoms with Gasteiger partial charge in [0, 0.05) is 17.0 Å². The molecule has 0 aliphatic rings. The average molecular weight is 700 g/mol. The molecule has 0 aliphatic heterocycles. The number of ketones is 1. The predicted octanol–water partition coefficient (Wildman–Crippen LogP) is 5.92. The van der Waals surface area contributed by atoms with Crippen LogP contribution in [0, 0.1) is 24.5 Å². The van der Waals surface area contributed by atoms with Crippen LogP contribution in [0.15, 0.2) is 78.1 Å². The van der Waals surface area contributed by atoms with Crippen LogP contribution in [-0.4, -0.2) is 52.0 Å². The van der Waals surface area contributed by atoms with Gasteiger partial charge >= 0.3 is 0 Å². The van der Waals surface area contributed by atoms with Crippen molar-refractivity contribution in [3.8, 4) is 23.1 Å². The SMILES string of the molecule is Cc1cc(Oc2c(F)cccc2F)ncc1-n1ncc(C(=O)c2cc3cc(OCC(F)F)c(NS(=O)(=O)c4cccc(F)n4)cc3[nH]2)c1N. The third-order valence-electron chi connectivity index (χ3n) is 7.00. The number of para-hydroxylation sites is 1. The second-order valence-electron chi connectivity index (χ2n) is 10.4.